The van der Waals surface area contributed by atoms with Gasteiger partial charge in [0.15, 0.2) is 5.65 Å². The number of hydrogen-bond acceptors (Lipinski definition) is 4. The van der Waals surface area contributed by atoms with Crippen molar-refractivity contribution in [3.63, 3.8) is 0 Å². The molecule has 2 N–H and O–H groups in total. The summed E-state index contributed by atoms with van der Waals surface area (Å²) < 4.78 is 1.76. The molecule has 0 aliphatic heterocycles. The largest absolute Gasteiger partial charge is 0.366 e. The molecule has 2 heterocycles. The molecule has 0 bridgehead atoms. The van der Waals surface area contributed by atoms with Gasteiger partial charge in [-0.3, -0.25) is 9.36 Å². The number of primary amides is 1. The number of amides is 1. The number of halogens is 1. The van der Waals surface area contributed by atoms with Crippen LogP contribution in [0.5, 0.6) is 0 Å². The molecule has 0 unspecified atom stereocenters. The van der Waals surface area contributed by atoms with E-state index in [1.165, 1.54) is 0 Å². The summed E-state index contributed by atoms with van der Waals surface area (Å²) in [7, 11) is 0. The molecule has 7 heteroatoms. The number of hydrogen-bond donors (Lipinski definition) is 1. The second-order valence-electron chi connectivity index (χ2n) is 3.87. The van der Waals surface area contributed by atoms with Gasteiger partial charge in [0.1, 0.15) is 11.8 Å². The van der Waals surface area contributed by atoms with Crippen molar-refractivity contribution >= 4 is 28.7 Å². The Morgan fingerprint density at radius 2 is 1.95 bits per heavy atom. The number of benzene rings is 1. The third kappa shape index (κ3) is 2.02. The van der Waals surface area contributed by atoms with Crippen molar-refractivity contribution in [2.75, 3.05) is 0 Å². The number of nitrogens with zero attached hydrogens (tertiary/aromatic N) is 4. The molecule has 2 aromatic heterocycles. The van der Waals surface area contributed by atoms with Gasteiger partial charge in [0.05, 0.1) is 6.20 Å². The predicted molar refractivity (Wildman–Crippen MR) is 70.2 cm³/mol. The highest BCUT2D eigenvalue weighted by molar-refractivity contribution is 6.28. The number of fused-ring (bicyclic) bond motifs is 1. The Hall–Kier alpha value is -2.47. The topological polar surface area (TPSA) is 86.7 Å². The van der Waals surface area contributed by atoms with Crippen LogP contribution in [0.1, 0.15) is 10.4 Å². The number of carbonyl (C=O) groups is 1. The molecule has 6 nitrogen and oxygen atoms in total. The van der Waals surface area contributed by atoms with E-state index in [4.69, 9.17) is 17.3 Å². The molecule has 0 radical (unpaired) electrons. The first-order valence-electron chi connectivity index (χ1n) is 5.41. The summed E-state index contributed by atoms with van der Waals surface area (Å²) in [6.07, 6.45) is 3.17. The van der Waals surface area contributed by atoms with Gasteiger partial charge in [-0.2, -0.15) is 4.98 Å². The normalized spacial score (nSPS) is 10.8. The molecule has 0 fully saturated rings. The summed E-state index contributed by atoms with van der Waals surface area (Å²) in [6.45, 7) is 0. The van der Waals surface area contributed by atoms with Crippen molar-refractivity contribution in [2.45, 2.75) is 0 Å². The first kappa shape index (κ1) is 11.6. The molecule has 0 aliphatic carbocycles. The van der Waals surface area contributed by atoms with Crippen LogP contribution in [0.25, 0.3) is 16.9 Å². The third-order valence-electron chi connectivity index (χ3n) is 2.69. The molecule has 0 saturated carbocycles. The van der Waals surface area contributed by atoms with Crippen molar-refractivity contribution < 1.29 is 4.79 Å². The van der Waals surface area contributed by atoms with E-state index in [0.717, 1.165) is 5.69 Å². The first-order valence-corrected chi connectivity index (χ1v) is 5.79. The zero-order valence-corrected chi connectivity index (χ0v) is 10.4. The quantitative estimate of drug-likeness (QED) is 0.718. The summed E-state index contributed by atoms with van der Waals surface area (Å²) in [5.41, 5.74) is 7.70. The van der Waals surface area contributed by atoms with E-state index < -0.39 is 5.91 Å². The summed E-state index contributed by atoms with van der Waals surface area (Å²) >= 11 is 5.78. The van der Waals surface area contributed by atoms with Crippen molar-refractivity contribution in [3.05, 3.63) is 47.6 Å². The highest BCUT2D eigenvalue weighted by Crippen LogP contribution is 2.17. The Bertz CT molecular complexity index is 765. The fourth-order valence-corrected chi connectivity index (χ4v) is 1.89. The van der Waals surface area contributed by atoms with Gasteiger partial charge in [-0.05, 0) is 35.9 Å². The molecular weight excluding hydrogens is 266 g/mol. The maximum atomic E-state index is 11.0. The smallest absolute Gasteiger partial charge is 0.248 e. The van der Waals surface area contributed by atoms with Crippen LogP contribution in [0.15, 0.2) is 36.8 Å². The van der Waals surface area contributed by atoms with Gasteiger partial charge in [-0.1, -0.05) is 0 Å². The molecule has 3 aromatic rings. The number of rotatable bonds is 2. The Morgan fingerprint density at radius 3 is 2.63 bits per heavy atom. The molecule has 0 saturated heterocycles. The van der Waals surface area contributed by atoms with Gasteiger partial charge in [-0.15, -0.1) is 0 Å². The Balaban J connectivity index is 2.13. The van der Waals surface area contributed by atoms with Gasteiger partial charge in [-0.25, -0.2) is 9.97 Å². The molecule has 1 amide bonds. The van der Waals surface area contributed by atoms with Crippen LogP contribution in [0.4, 0.5) is 0 Å². The molecule has 94 valence electrons. The average molecular weight is 274 g/mol. The molecule has 0 spiro atoms. The van der Waals surface area contributed by atoms with Crippen LogP contribution >= 0.6 is 11.6 Å². The van der Waals surface area contributed by atoms with Crippen LogP contribution in [0.2, 0.25) is 5.28 Å². The fourth-order valence-electron chi connectivity index (χ4n) is 1.76. The van der Waals surface area contributed by atoms with Gasteiger partial charge in [0.2, 0.25) is 11.2 Å². The zero-order chi connectivity index (χ0) is 13.4. The summed E-state index contributed by atoms with van der Waals surface area (Å²) in [5, 5.41) is 0.156. The van der Waals surface area contributed by atoms with Crippen LogP contribution in [-0.2, 0) is 0 Å². The van der Waals surface area contributed by atoms with Crippen LogP contribution in [0, 0.1) is 0 Å². The maximum absolute atomic E-state index is 11.0. The SMILES string of the molecule is NC(=O)c1ccc(-n2cnc3cnc(Cl)nc32)cc1. The van der Waals surface area contributed by atoms with Crippen LogP contribution < -0.4 is 5.73 Å². The molecule has 1 aromatic carbocycles. The molecule has 3 rings (SSSR count). The Kier molecular flexibility index (Phi) is 2.64. The molecule has 0 aliphatic rings. The molecule has 0 atom stereocenters. The van der Waals surface area contributed by atoms with Crippen LogP contribution in [-0.4, -0.2) is 25.4 Å². The van der Waals surface area contributed by atoms with Gasteiger partial charge >= 0.3 is 0 Å². The fraction of sp³-hybridized carbons (Fsp3) is 0. The summed E-state index contributed by atoms with van der Waals surface area (Å²) in [5.74, 6) is -0.465. The second kappa shape index (κ2) is 4.33. The molecule has 19 heavy (non-hydrogen) atoms. The van der Waals surface area contributed by atoms with E-state index in [0.29, 0.717) is 16.7 Å². The van der Waals surface area contributed by atoms with Crippen molar-refractivity contribution in [3.8, 4) is 5.69 Å². The van der Waals surface area contributed by atoms with Crippen molar-refractivity contribution in [1.29, 1.82) is 0 Å². The molecular formula is C12H8ClN5O. The third-order valence-corrected chi connectivity index (χ3v) is 2.87. The monoisotopic (exact) mass is 273 g/mol. The van der Waals surface area contributed by atoms with Crippen molar-refractivity contribution in [1.82, 2.24) is 19.5 Å². The average Bonchev–Trinajstić information content (AvgIpc) is 2.81. The second-order valence-corrected chi connectivity index (χ2v) is 4.21. The van der Waals surface area contributed by atoms with Gasteiger partial charge in [0.25, 0.3) is 0 Å². The van der Waals surface area contributed by atoms with Crippen molar-refractivity contribution in [2.24, 2.45) is 5.73 Å². The lowest BCUT2D eigenvalue weighted by Gasteiger charge is -2.04. The highest BCUT2D eigenvalue weighted by atomic mass is 35.5. The summed E-state index contributed by atoms with van der Waals surface area (Å²) in [4.78, 5) is 23.2. The van der Waals surface area contributed by atoms with E-state index in [9.17, 15) is 4.79 Å². The Morgan fingerprint density at radius 1 is 1.21 bits per heavy atom. The highest BCUT2D eigenvalue weighted by Gasteiger charge is 2.08. The maximum Gasteiger partial charge on any atom is 0.248 e. The van der Waals surface area contributed by atoms with E-state index in [1.54, 1.807) is 41.4 Å². The standard InChI is InChI=1S/C12H8ClN5O/c13-12-15-5-9-11(17-12)18(6-16-9)8-3-1-7(2-4-8)10(14)19/h1-6H,(H2,14,19). The zero-order valence-electron chi connectivity index (χ0n) is 9.62. The van der Waals surface area contributed by atoms with E-state index in [2.05, 4.69) is 15.0 Å². The number of nitrogens with two attached hydrogens (primary N) is 1. The number of carbonyl (C=O) groups excluding carboxylic acids is 1. The first-order chi connectivity index (χ1) is 9.15. The lowest BCUT2D eigenvalue weighted by atomic mass is 10.2. The van der Waals surface area contributed by atoms with E-state index in [1.807, 2.05) is 0 Å². The van der Waals surface area contributed by atoms with E-state index in [-0.39, 0.29) is 5.28 Å². The lowest BCUT2D eigenvalue weighted by molar-refractivity contribution is 0.100. The van der Waals surface area contributed by atoms with Crippen LogP contribution in [0.3, 0.4) is 0 Å². The minimum Gasteiger partial charge on any atom is -0.366 e. The summed E-state index contributed by atoms with van der Waals surface area (Å²) in [6, 6.07) is 6.81. The minimum atomic E-state index is -0.465. The van der Waals surface area contributed by atoms with Gasteiger partial charge in [0, 0.05) is 11.3 Å². The number of aromatic nitrogens is 4. The van der Waals surface area contributed by atoms with Gasteiger partial charge < -0.3 is 5.73 Å². The Labute approximate surface area is 112 Å². The van der Waals surface area contributed by atoms with E-state index >= 15 is 0 Å². The number of imidazole rings is 1. The lowest BCUT2D eigenvalue weighted by Crippen LogP contribution is -2.10. The minimum absolute atomic E-state index is 0.156. The predicted octanol–water partition coefficient (Wildman–Crippen LogP) is 1.57.